The van der Waals surface area contributed by atoms with E-state index in [0.29, 0.717) is 18.1 Å². The Hall–Kier alpha value is -3.02. The van der Waals surface area contributed by atoms with Gasteiger partial charge in [-0.1, -0.05) is 12.1 Å². The summed E-state index contributed by atoms with van der Waals surface area (Å²) in [4.78, 5) is 6.69. The third-order valence-electron chi connectivity index (χ3n) is 4.08. The van der Waals surface area contributed by atoms with Gasteiger partial charge < -0.3 is 4.90 Å². The van der Waals surface area contributed by atoms with E-state index in [9.17, 15) is 4.39 Å². The molecule has 0 saturated heterocycles. The summed E-state index contributed by atoms with van der Waals surface area (Å²) in [7, 11) is 0. The first-order chi connectivity index (χ1) is 11.7. The molecule has 0 bridgehead atoms. The molecule has 4 rings (SSSR count). The van der Waals surface area contributed by atoms with E-state index in [2.05, 4.69) is 26.1 Å². The Morgan fingerprint density at radius 3 is 2.83 bits per heavy atom. The zero-order valence-electron chi connectivity index (χ0n) is 13.4. The molecule has 120 valence electrons. The Balaban J connectivity index is 2.04. The lowest BCUT2D eigenvalue weighted by molar-refractivity contribution is 0.629. The Morgan fingerprint density at radius 2 is 2.04 bits per heavy atom. The summed E-state index contributed by atoms with van der Waals surface area (Å²) in [6.07, 6.45) is 1.59. The first kappa shape index (κ1) is 14.6. The predicted molar refractivity (Wildman–Crippen MR) is 92.1 cm³/mol. The molecule has 0 fully saturated rings. The van der Waals surface area contributed by atoms with Gasteiger partial charge in [0.25, 0.3) is 5.78 Å². The van der Waals surface area contributed by atoms with Crippen LogP contribution in [0.25, 0.3) is 16.7 Å². The zero-order valence-corrected chi connectivity index (χ0v) is 13.4. The van der Waals surface area contributed by atoms with Crippen molar-refractivity contribution in [2.24, 2.45) is 0 Å². The molecule has 0 saturated carbocycles. The lowest BCUT2D eigenvalue weighted by atomic mass is 10.1. The Morgan fingerprint density at radius 1 is 1.17 bits per heavy atom. The van der Waals surface area contributed by atoms with Crippen LogP contribution in [0.1, 0.15) is 12.5 Å². The maximum atomic E-state index is 13.9. The highest BCUT2D eigenvalue weighted by Gasteiger charge is 2.17. The number of nitrogens with zero attached hydrogens (tertiary/aromatic N) is 5. The van der Waals surface area contributed by atoms with Crippen LogP contribution >= 0.6 is 0 Å². The molecular formula is C18H16FN5. The number of fused-ring (bicyclic) bond motifs is 3. The molecule has 0 aliphatic heterocycles. The minimum atomic E-state index is -0.293. The van der Waals surface area contributed by atoms with Crippen molar-refractivity contribution in [3.63, 3.8) is 0 Å². The van der Waals surface area contributed by atoms with E-state index >= 15 is 0 Å². The number of anilines is 2. The smallest absolute Gasteiger partial charge is 0.257 e. The highest BCUT2D eigenvalue weighted by molar-refractivity contribution is 5.93. The van der Waals surface area contributed by atoms with Crippen molar-refractivity contribution in [2.45, 2.75) is 13.8 Å². The van der Waals surface area contributed by atoms with Crippen molar-refractivity contribution in [2.75, 3.05) is 11.4 Å². The summed E-state index contributed by atoms with van der Waals surface area (Å²) >= 11 is 0. The van der Waals surface area contributed by atoms with Crippen LogP contribution in [0.2, 0.25) is 0 Å². The standard InChI is InChI=1S/C18H16FN5/c1-3-23(14-6-4-5-12(2)9-14)17-15-10-13(19)7-8-16(15)24-11-20-22-18(24)21-17/h4-11H,3H2,1-2H3. The summed E-state index contributed by atoms with van der Waals surface area (Å²) < 4.78 is 15.7. The van der Waals surface area contributed by atoms with Crippen LogP contribution < -0.4 is 4.90 Å². The van der Waals surface area contributed by atoms with Gasteiger partial charge in [-0.3, -0.25) is 4.40 Å². The second kappa shape index (κ2) is 5.56. The van der Waals surface area contributed by atoms with Gasteiger partial charge in [-0.25, -0.2) is 4.39 Å². The Bertz CT molecular complexity index is 1040. The van der Waals surface area contributed by atoms with E-state index in [1.54, 1.807) is 16.8 Å². The molecule has 0 radical (unpaired) electrons. The van der Waals surface area contributed by atoms with Gasteiger partial charge in [0.05, 0.1) is 5.52 Å². The van der Waals surface area contributed by atoms with Crippen LogP contribution in [-0.2, 0) is 0 Å². The van der Waals surface area contributed by atoms with Crippen molar-refractivity contribution < 1.29 is 4.39 Å². The normalized spacial score (nSPS) is 11.3. The van der Waals surface area contributed by atoms with Gasteiger partial charge in [0, 0.05) is 17.6 Å². The largest absolute Gasteiger partial charge is 0.326 e. The molecule has 0 N–H and O–H groups in total. The highest BCUT2D eigenvalue weighted by Crippen LogP contribution is 2.31. The summed E-state index contributed by atoms with van der Waals surface area (Å²) in [5, 5.41) is 8.71. The minimum absolute atomic E-state index is 0.293. The van der Waals surface area contributed by atoms with E-state index in [1.165, 1.54) is 12.1 Å². The minimum Gasteiger partial charge on any atom is -0.326 e. The average molecular weight is 321 g/mol. The first-order valence-corrected chi connectivity index (χ1v) is 7.80. The molecule has 0 spiro atoms. The second-order valence-corrected chi connectivity index (χ2v) is 5.68. The molecule has 4 aromatic rings. The number of halogens is 1. The fraction of sp³-hybridized carbons (Fsp3) is 0.167. The van der Waals surface area contributed by atoms with Crippen molar-refractivity contribution in [1.82, 2.24) is 19.6 Å². The fourth-order valence-corrected chi connectivity index (χ4v) is 2.98. The summed E-state index contributed by atoms with van der Waals surface area (Å²) in [6.45, 7) is 4.79. The maximum absolute atomic E-state index is 13.9. The molecule has 0 amide bonds. The summed E-state index contributed by atoms with van der Waals surface area (Å²) in [6, 6.07) is 12.8. The van der Waals surface area contributed by atoms with Gasteiger partial charge in [-0.15, -0.1) is 10.2 Å². The van der Waals surface area contributed by atoms with Crippen LogP contribution in [0.4, 0.5) is 15.9 Å². The Labute approximate surface area is 138 Å². The lowest BCUT2D eigenvalue weighted by Crippen LogP contribution is -2.18. The van der Waals surface area contributed by atoms with E-state index in [0.717, 1.165) is 22.2 Å². The summed E-state index contributed by atoms with van der Waals surface area (Å²) in [5.74, 6) is 0.881. The molecule has 6 heteroatoms. The van der Waals surface area contributed by atoms with Gasteiger partial charge in [-0.05, 0) is 49.7 Å². The second-order valence-electron chi connectivity index (χ2n) is 5.68. The van der Waals surface area contributed by atoms with E-state index in [4.69, 9.17) is 0 Å². The molecule has 2 aromatic carbocycles. The van der Waals surface area contributed by atoms with Crippen LogP contribution in [0.5, 0.6) is 0 Å². The highest BCUT2D eigenvalue weighted by atomic mass is 19.1. The molecule has 0 unspecified atom stereocenters. The van der Waals surface area contributed by atoms with Crippen molar-refractivity contribution >= 4 is 28.2 Å². The number of aryl methyl sites for hydroxylation is 1. The molecule has 0 aliphatic carbocycles. The molecule has 2 heterocycles. The quantitative estimate of drug-likeness (QED) is 0.574. The Kier molecular flexibility index (Phi) is 3.37. The molecule has 5 nitrogen and oxygen atoms in total. The molecular weight excluding hydrogens is 305 g/mol. The number of rotatable bonds is 3. The third-order valence-corrected chi connectivity index (χ3v) is 4.08. The SMILES string of the molecule is CCN(c1cccc(C)c1)c1nc2nncn2c2ccc(F)cc12. The third kappa shape index (κ3) is 2.27. The molecule has 24 heavy (non-hydrogen) atoms. The van der Waals surface area contributed by atoms with E-state index in [-0.39, 0.29) is 5.82 Å². The lowest BCUT2D eigenvalue weighted by Gasteiger charge is -2.24. The maximum Gasteiger partial charge on any atom is 0.257 e. The van der Waals surface area contributed by atoms with Crippen LogP contribution in [0, 0.1) is 12.7 Å². The molecule has 0 atom stereocenters. The average Bonchev–Trinajstić information content (AvgIpc) is 3.04. The van der Waals surface area contributed by atoms with Gasteiger partial charge >= 0.3 is 0 Å². The molecule has 0 aliphatic rings. The monoisotopic (exact) mass is 321 g/mol. The van der Waals surface area contributed by atoms with Crippen molar-refractivity contribution in [3.8, 4) is 0 Å². The van der Waals surface area contributed by atoms with Crippen molar-refractivity contribution in [3.05, 3.63) is 60.2 Å². The number of aromatic nitrogens is 4. The zero-order chi connectivity index (χ0) is 16.7. The van der Waals surface area contributed by atoms with Gasteiger partial charge in [-0.2, -0.15) is 4.98 Å². The fourth-order valence-electron chi connectivity index (χ4n) is 2.98. The van der Waals surface area contributed by atoms with Gasteiger partial charge in [0.1, 0.15) is 18.0 Å². The van der Waals surface area contributed by atoms with Gasteiger partial charge in [0.2, 0.25) is 0 Å². The number of benzene rings is 2. The first-order valence-electron chi connectivity index (χ1n) is 7.80. The van der Waals surface area contributed by atoms with Crippen LogP contribution in [0.3, 0.4) is 0 Å². The number of hydrogen-bond acceptors (Lipinski definition) is 4. The topological polar surface area (TPSA) is 46.3 Å². The van der Waals surface area contributed by atoms with E-state index < -0.39 is 0 Å². The number of hydrogen-bond donors (Lipinski definition) is 0. The van der Waals surface area contributed by atoms with Crippen molar-refractivity contribution in [1.29, 1.82) is 0 Å². The van der Waals surface area contributed by atoms with Crippen LogP contribution in [-0.4, -0.2) is 26.1 Å². The van der Waals surface area contributed by atoms with Gasteiger partial charge in [0.15, 0.2) is 0 Å². The van der Waals surface area contributed by atoms with Crippen LogP contribution in [0.15, 0.2) is 48.8 Å². The van der Waals surface area contributed by atoms with E-state index in [1.807, 2.05) is 32.0 Å². The molecule has 2 aromatic heterocycles. The summed E-state index contributed by atoms with van der Waals surface area (Å²) in [5.41, 5.74) is 3.00. The predicted octanol–water partition coefficient (Wildman–Crippen LogP) is 3.88.